The molecule has 1 heterocycles. The van der Waals surface area contributed by atoms with E-state index in [1.165, 1.54) is 11.1 Å². The van der Waals surface area contributed by atoms with Crippen LogP contribution in [0.25, 0.3) is 0 Å². The number of hydrogen-bond donors (Lipinski definition) is 1. The number of methoxy groups -OCH3 is 1. The van der Waals surface area contributed by atoms with Gasteiger partial charge in [0.25, 0.3) is 0 Å². The zero-order valence-corrected chi connectivity index (χ0v) is 14.3. The SMILES string of the molecule is CN=C(NCCc1cnn(C)c1)N(C)Cc1ccc(OC)cc1. The number of rotatable bonds is 6. The second kappa shape index (κ2) is 8.22. The molecule has 0 aliphatic heterocycles. The summed E-state index contributed by atoms with van der Waals surface area (Å²) in [5.41, 5.74) is 2.43. The molecule has 0 bridgehead atoms. The average Bonchev–Trinajstić information content (AvgIpc) is 2.97. The maximum Gasteiger partial charge on any atom is 0.193 e. The molecule has 0 fully saturated rings. The highest BCUT2D eigenvalue weighted by atomic mass is 16.5. The molecule has 124 valence electrons. The molecule has 0 unspecified atom stereocenters. The van der Waals surface area contributed by atoms with E-state index in [-0.39, 0.29) is 0 Å². The van der Waals surface area contributed by atoms with Gasteiger partial charge in [0, 0.05) is 40.4 Å². The van der Waals surface area contributed by atoms with Crippen molar-refractivity contribution in [3.63, 3.8) is 0 Å². The van der Waals surface area contributed by atoms with Crippen molar-refractivity contribution in [1.82, 2.24) is 20.0 Å². The van der Waals surface area contributed by atoms with Crippen LogP contribution in [0.3, 0.4) is 0 Å². The Balaban J connectivity index is 1.84. The molecule has 23 heavy (non-hydrogen) atoms. The van der Waals surface area contributed by atoms with Gasteiger partial charge in [0.05, 0.1) is 13.3 Å². The fraction of sp³-hybridized carbons (Fsp3) is 0.412. The van der Waals surface area contributed by atoms with Crippen molar-refractivity contribution in [2.45, 2.75) is 13.0 Å². The number of aromatic nitrogens is 2. The monoisotopic (exact) mass is 315 g/mol. The van der Waals surface area contributed by atoms with Crippen molar-refractivity contribution in [2.75, 3.05) is 27.7 Å². The third-order valence-corrected chi connectivity index (χ3v) is 3.61. The Bertz CT molecular complexity index is 633. The number of aliphatic imine (C=N–C) groups is 1. The molecule has 1 N–H and O–H groups in total. The van der Waals surface area contributed by atoms with Crippen LogP contribution in [0, 0.1) is 0 Å². The molecule has 0 amide bonds. The molecule has 1 aromatic heterocycles. The summed E-state index contributed by atoms with van der Waals surface area (Å²) in [4.78, 5) is 6.44. The summed E-state index contributed by atoms with van der Waals surface area (Å²) in [6.07, 6.45) is 4.85. The molecule has 0 spiro atoms. The Morgan fingerprint density at radius 2 is 2.04 bits per heavy atom. The third kappa shape index (κ3) is 5.02. The fourth-order valence-corrected chi connectivity index (χ4v) is 2.38. The number of benzene rings is 1. The lowest BCUT2D eigenvalue weighted by atomic mass is 10.2. The van der Waals surface area contributed by atoms with Crippen molar-refractivity contribution in [1.29, 1.82) is 0 Å². The van der Waals surface area contributed by atoms with Crippen molar-refractivity contribution in [3.8, 4) is 5.75 Å². The minimum Gasteiger partial charge on any atom is -0.497 e. The van der Waals surface area contributed by atoms with Gasteiger partial charge in [0.15, 0.2) is 5.96 Å². The zero-order valence-electron chi connectivity index (χ0n) is 14.3. The first-order valence-corrected chi connectivity index (χ1v) is 7.64. The Hall–Kier alpha value is -2.50. The number of ether oxygens (including phenoxy) is 1. The van der Waals surface area contributed by atoms with Crippen LogP contribution in [0.2, 0.25) is 0 Å². The number of hydrogen-bond acceptors (Lipinski definition) is 3. The molecule has 2 rings (SSSR count). The van der Waals surface area contributed by atoms with Crippen molar-refractivity contribution in [3.05, 3.63) is 47.8 Å². The Morgan fingerprint density at radius 3 is 2.61 bits per heavy atom. The molecule has 1 aromatic carbocycles. The van der Waals surface area contributed by atoms with Gasteiger partial charge in [-0.05, 0) is 29.7 Å². The van der Waals surface area contributed by atoms with Crippen LogP contribution in [0.15, 0.2) is 41.7 Å². The van der Waals surface area contributed by atoms with E-state index >= 15 is 0 Å². The standard InChI is InChI=1S/C17H25N5O/c1-18-17(19-10-9-15-11-20-22(3)13-15)21(2)12-14-5-7-16(23-4)8-6-14/h5-8,11,13H,9-10,12H2,1-4H3,(H,18,19). The van der Waals surface area contributed by atoms with E-state index in [9.17, 15) is 0 Å². The van der Waals surface area contributed by atoms with Crippen molar-refractivity contribution in [2.24, 2.45) is 12.0 Å². The molecular weight excluding hydrogens is 290 g/mol. The molecule has 0 aliphatic rings. The van der Waals surface area contributed by atoms with Crippen LogP contribution in [-0.4, -0.2) is 48.4 Å². The highest BCUT2D eigenvalue weighted by Crippen LogP contribution is 2.12. The summed E-state index contributed by atoms with van der Waals surface area (Å²) in [6.45, 7) is 1.61. The van der Waals surface area contributed by atoms with Crippen LogP contribution >= 0.6 is 0 Å². The van der Waals surface area contributed by atoms with E-state index in [1.807, 2.05) is 43.3 Å². The third-order valence-electron chi connectivity index (χ3n) is 3.61. The second-order valence-electron chi connectivity index (χ2n) is 5.45. The van der Waals surface area contributed by atoms with Gasteiger partial charge >= 0.3 is 0 Å². The van der Waals surface area contributed by atoms with Gasteiger partial charge in [-0.1, -0.05) is 12.1 Å². The van der Waals surface area contributed by atoms with E-state index in [1.54, 1.807) is 14.2 Å². The minimum absolute atomic E-state index is 0.788. The van der Waals surface area contributed by atoms with Gasteiger partial charge in [-0.3, -0.25) is 9.67 Å². The Kier molecular flexibility index (Phi) is 6.02. The van der Waals surface area contributed by atoms with E-state index in [4.69, 9.17) is 4.74 Å². The molecular formula is C17H25N5O. The predicted octanol–water partition coefficient (Wildman–Crippen LogP) is 1.68. The lowest BCUT2D eigenvalue weighted by molar-refractivity contribution is 0.414. The van der Waals surface area contributed by atoms with E-state index in [0.29, 0.717) is 0 Å². The highest BCUT2D eigenvalue weighted by molar-refractivity contribution is 5.79. The number of nitrogens with one attached hydrogen (secondary N) is 1. The minimum atomic E-state index is 0.788. The smallest absolute Gasteiger partial charge is 0.193 e. The summed E-state index contributed by atoms with van der Waals surface area (Å²) in [5.74, 6) is 1.75. The Morgan fingerprint density at radius 1 is 1.30 bits per heavy atom. The first-order chi connectivity index (χ1) is 11.1. The van der Waals surface area contributed by atoms with Gasteiger partial charge in [-0.15, -0.1) is 0 Å². The van der Waals surface area contributed by atoms with Gasteiger partial charge < -0.3 is 15.0 Å². The molecule has 6 heteroatoms. The molecule has 0 radical (unpaired) electrons. The maximum absolute atomic E-state index is 5.18. The summed E-state index contributed by atoms with van der Waals surface area (Å²) in [5, 5.41) is 7.56. The Labute approximate surface area is 137 Å². The molecule has 0 atom stereocenters. The van der Waals surface area contributed by atoms with Gasteiger partial charge in [-0.25, -0.2) is 0 Å². The van der Waals surface area contributed by atoms with Crippen LogP contribution < -0.4 is 10.1 Å². The van der Waals surface area contributed by atoms with Gasteiger partial charge in [-0.2, -0.15) is 5.10 Å². The van der Waals surface area contributed by atoms with E-state index < -0.39 is 0 Å². The number of aryl methyl sites for hydroxylation is 1. The summed E-state index contributed by atoms with van der Waals surface area (Å²) < 4.78 is 7.00. The zero-order chi connectivity index (χ0) is 16.7. The maximum atomic E-state index is 5.18. The molecule has 6 nitrogen and oxygen atoms in total. The predicted molar refractivity (Wildman–Crippen MR) is 92.7 cm³/mol. The lowest BCUT2D eigenvalue weighted by Crippen LogP contribution is -2.39. The highest BCUT2D eigenvalue weighted by Gasteiger charge is 2.07. The van der Waals surface area contributed by atoms with Gasteiger partial charge in [0.1, 0.15) is 5.75 Å². The van der Waals surface area contributed by atoms with Crippen molar-refractivity contribution >= 4 is 5.96 Å². The first-order valence-electron chi connectivity index (χ1n) is 7.64. The summed E-state index contributed by atoms with van der Waals surface area (Å²) >= 11 is 0. The van der Waals surface area contributed by atoms with Gasteiger partial charge in [0.2, 0.25) is 0 Å². The normalized spacial score (nSPS) is 11.4. The van der Waals surface area contributed by atoms with Crippen LogP contribution in [0.5, 0.6) is 5.75 Å². The summed E-state index contributed by atoms with van der Waals surface area (Å²) in [6, 6.07) is 8.08. The average molecular weight is 315 g/mol. The largest absolute Gasteiger partial charge is 0.497 e. The lowest BCUT2D eigenvalue weighted by Gasteiger charge is -2.22. The van der Waals surface area contributed by atoms with Crippen LogP contribution in [0.1, 0.15) is 11.1 Å². The molecule has 0 aliphatic carbocycles. The number of nitrogens with zero attached hydrogens (tertiary/aromatic N) is 4. The summed E-state index contributed by atoms with van der Waals surface area (Å²) in [7, 11) is 7.44. The molecule has 0 saturated carbocycles. The fourth-order valence-electron chi connectivity index (χ4n) is 2.38. The topological polar surface area (TPSA) is 54.7 Å². The van der Waals surface area contributed by atoms with E-state index in [2.05, 4.69) is 32.4 Å². The quantitative estimate of drug-likeness (QED) is 0.651. The molecule has 0 saturated heterocycles. The number of guanidine groups is 1. The second-order valence-corrected chi connectivity index (χ2v) is 5.45. The van der Waals surface area contributed by atoms with Crippen LogP contribution in [0.4, 0.5) is 0 Å². The van der Waals surface area contributed by atoms with Crippen molar-refractivity contribution < 1.29 is 4.74 Å². The van der Waals surface area contributed by atoms with Crippen LogP contribution in [-0.2, 0) is 20.0 Å². The molecule has 2 aromatic rings. The first kappa shape index (κ1) is 16.9. The van der Waals surface area contributed by atoms with E-state index in [0.717, 1.165) is 31.2 Å².